The second-order valence-electron chi connectivity index (χ2n) is 5.76. The Hall–Kier alpha value is -1.79. The summed E-state index contributed by atoms with van der Waals surface area (Å²) in [7, 11) is 0. The molecule has 1 aromatic carbocycles. The predicted octanol–water partition coefficient (Wildman–Crippen LogP) is 0.638. The predicted molar refractivity (Wildman–Crippen MR) is 80.3 cm³/mol. The second-order valence-corrected chi connectivity index (χ2v) is 5.76. The van der Waals surface area contributed by atoms with Crippen LogP contribution in [0.15, 0.2) is 24.3 Å². The third kappa shape index (κ3) is 3.20. The SMILES string of the molecule is C#CC[NH+]1CCC(NC(C)=O)(c2ccc(C)cc2)CC1. The Labute approximate surface area is 121 Å². The monoisotopic (exact) mass is 271 g/mol. The van der Waals surface area contributed by atoms with E-state index in [0.717, 1.165) is 32.5 Å². The summed E-state index contributed by atoms with van der Waals surface area (Å²) in [5.41, 5.74) is 2.22. The lowest BCUT2D eigenvalue weighted by molar-refractivity contribution is -0.899. The highest BCUT2D eigenvalue weighted by atomic mass is 16.1. The molecule has 3 heteroatoms. The van der Waals surface area contributed by atoms with Gasteiger partial charge >= 0.3 is 0 Å². The van der Waals surface area contributed by atoms with Crippen molar-refractivity contribution in [2.24, 2.45) is 0 Å². The van der Waals surface area contributed by atoms with Crippen LogP contribution < -0.4 is 10.2 Å². The van der Waals surface area contributed by atoms with E-state index >= 15 is 0 Å². The fourth-order valence-corrected chi connectivity index (χ4v) is 3.05. The van der Waals surface area contributed by atoms with E-state index < -0.39 is 0 Å². The molecule has 3 nitrogen and oxygen atoms in total. The van der Waals surface area contributed by atoms with E-state index in [4.69, 9.17) is 6.42 Å². The van der Waals surface area contributed by atoms with E-state index in [0.29, 0.717) is 0 Å². The Bertz CT molecular complexity index is 505. The standard InChI is InChI=1S/C17H22N2O/c1-4-11-19-12-9-17(10-13-19,18-15(3)20)16-7-5-14(2)6-8-16/h1,5-8H,9-13H2,2-3H3,(H,18,20)/p+1. The average molecular weight is 271 g/mol. The highest BCUT2D eigenvalue weighted by Crippen LogP contribution is 2.29. The van der Waals surface area contributed by atoms with Gasteiger partial charge in [0.2, 0.25) is 5.91 Å². The van der Waals surface area contributed by atoms with Crippen LogP contribution in [0.5, 0.6) is 0 Å². The number of hydrogen-bond donors (Lipinski definition) is 2. The van der Waals surface area contributed by atoms with Crippen molar-refractivity contribution in [1.29, 1.82) is 0 Å². The molecule has 1 aromatic rings. The third-order valence-electron chi connectivity index (χ3n) is 4.18. The van der Waals surface area contributed by atoms with Crippen LogP contribution >= 0.6 is 0 Å². The molecular formula is C17H23N2O+. The molecule has 0 spiro atoms. The fourth-order valence-electron chi connectivity index (χ4n) is 3.05. The molecule has 0 atom stereocenters. The lowest BCUT2D eigenvalue weighted by Crippen LogP contribution is -3.13. The molecule has 2 rings (SSSR count). The highest BCUT2D eigenvalue weighted by Gasteiger charge is 2.38. The maximum atomic E-state index is 11.6. The van der Waals surface area contributed by atoms with Crippen molar-refractivity contribution in [2.45, 2.75) is 32.2 Å². The van der Waals surface area contributed by atoms with Gasteiger partial charge in [-0.25, -0.2) is 0 Å². The van der Waals surface area contributed by atoms with Crippen molar-refractivity contribution in [1.82, 2.24) is 5.32 Å². The van der Waals surface area contributed by atoms with Crippen LogP contribution in [0, 0.1) is 19.3 Å². The molecule has 1 amide bonds. The van der Waals surface area contributed by atoms with Crippen LogP contribution in [-0.4, -0.2) is 25.5 Å². The number of carbonyl (C=O) groups is 1. The summed E-state index contributed by atoms with van der Waals surface area (Å²) in [4.78, 5) is 13.0. The lowest BCUT2D eigenvalue weighted by atomic mass is 9.80. The van der Waals surface area contributed by atoms with E-state index in [9.17, 15) is 4.79 Å². The van der Waals surface area contributed by atoms with Gasteiger partial charge in [0.15, 0.2) is 0 Å². The van der Waals surface area contributed by atoms with Gasteiger partial charge in [0.25, 0.3) is 0 Å². The van der Waals surface area contributed by atoms with E-state index in [2.05, 4.69) is 42.4 Å². The van der Waals surface area contributed by atoms with Gasteiger partial charge in [-0.15, -0.1) is 6.42 Å². The number of hydrogen-bond acceptors (Lipinski definition) is 1. The molecule has 1 aliphatic rings. The number of piperidine rings is 1. The van der Waals surface area contributed by atoms with Gasteiger partial charge in [-0.2, -0.15) is 0 Å². The largest absolute Gasteiger partial charge is 0.346 e. The molecule has 1 fully saturated rings. The van der Waals surface area contributed by atoms with Crippen LogP contribution in [0.2, 0.25) is 0 Å². The fraction of sp³-hybridized carbons (Fsp3) is 0.471. The highest BCUT2D eigenvalue weighted by molar-refractivity contribution is 5.74. The van der Waals surface area contributed by atoms with Gasteiger partial charge in [-0.3, -0.25) is 4.79 Å². The Morgan fingerprint density at radius 3 is 2.45 bits per heavy atom. The Morgan fingerprint density at radius 2 is 1.95 bits per heavy atom. The van der Waals surface area contributed by atoms with Crippen molar-refractivity contribution in [3.63, 3.8) is 0 Å². The topological polar surface area (TPSA) is 33.5 Å². The van der Waals surface area contributed by atoms with Crippen LogP contribution in [-0.2, 0) is 10.3 Å². The zero-order valence-electron chi connectivity index (χ0n) is 12.3. The van der Waals surface area contributed by atoms with Gasteiger partial charge in [0.1, 0.15) is 6.54 Å². The van der Waals surface area contributed by atoms with Gasteiger partial charge in [0.05, 0.1) is 18.6 Å². The number of likely N-dealkylation sites (tertiary alicyclic amines) is 1. The molecule has 1 heterocycles. The Morgan fingerprint density at radius 1 is 1.35 bits per heavy atom. The quantitative estimate of drug-likeness (QED) is 0.777. The number of aryl methyl sites for hydroxylation is 1. The number of benzene rings is 1. The van der Waals surface area contributed by atoms with Crippen molar-refractivity contribution >= 4 is 5.91 Å². The van der Waals surface area contributed by atoms with E-state index in [1.807, 2.05) is 0 Å². The van der Waals surface area contributed by atoms with Gasteiger partial charge in [-0.1, -0.05) is 29.8 Å². The molecule has 0 radical (unpaired) electrons. The molecule has 20 heavy (non-hydrogen) atoms. The number of terminal acetylenes is 1. The van der Waals surface area contributed by atoms with Gasteiger partial charge in [0, 0.05) is 19.8 Å². The maximum Gasteiger partial charge on any atom is 0.217 e. The number of quaternary nitrogens is 1. The zero-order chi connectivity index (χ0) is 14.6. The smallest absolute Gasteiger partial charge is 0.217 e. The molecule has 0 unspecified atom stereocenters. The van der Waals surface area contributed by atoms with E-state index in [1.54, 1.807) is 6.92 Å². The van der Waals surface area contributed by atoms with Crippen molar-refractivity contribution in [2.75, 3.05) is 19.6 Å². The third-order valence-corrected chi connectivity index (χ3v) is 4.18. The second kappa shape index (κ2) is 6.11. The molecule has 0 bridgehead atoms. The Kier molecular flexibility index (Phi) is 4.46. The summed E-state index contributed by atoms with van der Waals surface area (Å²) in [6, 6.07) is 8.49. The maximum absolute atomic E-state index is 11.6. The minimum Gasteiger partial charge on any atom is -0.346 e. The summed E-state index contributed by atoms with van der Waals surface area (Å²) in [6.45, 7) is 6.44. The van der Waals surface area contributed by atoms with Crippen LogP contribution in [0.25, 0.3) is 0 Å². The van der Waals surface area contributed by atoms with E-state index in [-0.39, 0.29) is 11.4 Å². The first-order valence-corrected chi connectivity index (χ1v) is 7.19. The summed E-state index contributed by atoms with van der Waals surface area (Å²) in [6.07, 6.45) is 7.27. The number of rotatable bonds is 3. The summed E-state index contributed by atoms with van der Waals surface area (Å²) in [5, 5.41) is 3.19. The number of nitrogens with one attached hydrogen (secondary N) is 2. The average Bonchev–Trinajstić information content (AvgIpc) is 2.41. The molecule has 106 valence electrons. The van der Waals surface area contributed by atoms with Gasteiger partial charge in [-0.05, 0) is 18.4 Å². The van der Waals surface area contributed by atoms with Crippen LogP contribution in [0.1, 0.15) is 30.9 Å². The minimum absolute atomic E-state index is 0.0333. The van der Waals surface area contributed by atoms with E-state index in [1.165, 1.54) is 16.0 Å². The molecule has 0 aromatic heterocycles. The number of amides is 1. The lowest BCUT2D eigenvalue weighted by Gasteiger charge is -2.40. The van der Waals surface area contributed by atoms with Crippen molar-refractivity contribution < 1.29 is 9.69 Å². The first kappa shape index (κ1) is 14.6. The molecule has 1 saturated heterocycles. The first-order chi connectivity index (χ1) is 9.55. The van der Waals surface area contributed by atoms with Crippen molar-refractivity contribution in [3.8, 4) is 12.3 Å². The molecule has 1 aliphatic heterocycles. The zero-order valence-corrected chi connectivity index (χ0v) is 12.3. The van der Waals surface area contributed by atoms with Crippen molar-refractivity contribution in [3.05, 3.63) is 35.4 Å². The van der Waals surface area contributed by atoms with Crippen LogP contribution in [0.4, 0.5) is 0 Å². The minimum atomic E-state index is -0.225. The normalized spacial score (nSPS) is 25.8. The summed E-state index contributed by atoms with van der Waals surface area (Å²) < 4.78 is 0. The number of carbonyl (C=O) groups excluding carboxylic acids is 1. The van der Waals surface area contributed by atoms with Gasteiger partial charge < -0.3 is 10.2 Å². The Balaban J connectivity index is 2.22. The summed E-state index contributed by atoms with van der Waals surface area (Å²) in [5.74, 6) is 2.76. The summed E-state index contributed by atoms with van der Waals surface area (Å²) >= 11 is 0. The molecule has 0 saturated carbocycles. The molecular weight excluding hydrogens is 248 g/mol. The molecule has 0 aliphatic carbocycles. The first-order valence-electron chi connectivity index (χ1n) is 7.19. The van der Waals surface area contributed by atoms with Crippen LogP contribution in [0.3, 0.4) is 0 Å². The molecule has 2 N–H and O–H groups in total.